The highest BCUT2D eigenvalue weighted by Crippen LogP contribution is 2.55. The zero-order chi connectivity index (χ0) is 32.1. The predicted octanol–water partition coefficient (Wildman–Crippen LogP) is 5.57. The first kappa shape index (κ1) is 37.3. The predicted molar refractivity (Wildman–Crippen MR) is 165 cm³/mol. The molecular formula is C31H63N6O6+3. The van der Waals surface area contributed by atoms with Gasteiger partial charge in [-0.1, -0.05) is 54.4 Å². The van der Waals surface area contributed by atoms with Gasteiger partial charge in [0.1, 0.15) is 14.6 Å². The molecule has 0 heterocycles. The van der Waals surface area contributed by atoms with E-state index in [1.807, 2.05) is 0 Å². The molecule has 12 heteroatoms. The fraction of sp³-hybridized carbons (Fsp3) is 1.00. The maximum Gasteiger partial charge on any atom is 0.230 e. The van der Waals surface area contributed by atoms with E-state index in [0.29, 0.717) is 55.1 Å². The molecule has 0 aliphatic heterocycles. The normalized spacial score (nSPS) is 32.7. The summed E-state index contributed by atoms with van der Waals surface area (Å²) in [6.45, 7) is 14.7. The molecule has 3 N–H and O–H groups in total. The number of hydrazine groups is 3. The minimum atomic E-state index is 0.0745. The van der Waals surface area contributed by atoms with Gasteiger partial charge >= 0.3 is 0 Å². The zero-order valence-electron chi connectivity index (χ0n) is 28.4. The molecule has 0 aromatic rings. The SMILES string of the molecule is CCC1CC(C[N+](=O)NOC)CC(CC(CC)C[N+](=O)NOC)C(C(C)C[N+](=O)NOC)C2CC(C(CC)C1)C(C)C2C. The van der Waals surface area contributed by atoms with Gasteiger partial charge in [-0.15, -0.1) is 0 Å². The number of fused-ring (bicyclic) bond motifs is 2. The molecule has 11 atom stereocenters. The van der Waals surface area contributed by atoms with Crippen molar-refractivity contribution in [2.75, 3.05) is 41.0 Å². The van der Waals surface area contributed by atoms with Gasteiger partial charge in [0.05, 0.1) is 36.1 Å². The molecule has 2 fully saturated rings. The van der Waals surface area contributed by atoms with E-state index in [0.717, 1.165) is 53.1 Å². The molecule has 2 bridgehead atoms. The van der Waals surface area contributed by atoms with Crippen molar-refractivity contribution in [1.29, 1.82) is 0 Å². The molecule has 11 unspecified atom stereocenters. The molecule has 12 nitrogen and oxygen atoms in total. The lowest BCUT2D eigenvalue weighted by Crippen LogP contribution is -2.41. The molecule has 0 radical (unpaired) electrons. The second kappa shape index (κ2) is 18.8. The van der Waals surface area contributed by atoms with Gasteiger partial charge in [-0.3, -0.25) is 0 Å². The molecule has 0 aromatic heterocycles. The van der Waals surface area contributed by atoms with Crippen LogP contribution in [-0.2, 0) is 14.5 Å². The molecule has 2 aliphatic rings. The molecule has 0 aromatic carbocycles. The maximum absolute atomic E-state index is 12.8. The van der Waals surface area contributed by atoms with Crippen LogP contribution in [-0.4, -0.2) is 55.6 Å². The summed E-state index contributed by atoms with van der Waals surface area (Å²) in [6, 6.07) is 0. The van der Waals surface area contributed by atoms with Crippen LogP contribution in [0.3, 0.4) is 0 Å². The summed E-state index contributed by atoms with van der Waals surface area (Å²) in [4.78, 5) is 55.4. The Balaban J connectivity index is 2.64. The van der Waals surface area contributed by atoms with Crippen LogP contribution < -0.4 is 16.8 Å². The van der Waals surface area contributed by atoms with E-state index in [1.54, 1.807) is 0 Å². The zero-order valence-corrected chi connectivity index (χ0v) is 28.4. The molecule has 0 saturated heterocycles. The molecule has 250 valence electrons. The molecular weight excluding hydrogens is 552 g/mol. The molecule has 2 saturated carbocycles. The van der Waals surface area contributed by atoms with Crippen LogP contribution in [0.25, 0.3) is 0 Å². The lowest BCUT2D eigenvalue weighted by Gasteiger charge is -2.39. The lowest BCUT2D eigenvalue weighted by atomic mass is 9.64. The molecule has 0 amide bonds. The second-order valence-corrected chi connectivity index (χ2v) is 13.7. The standard InChI is InChI=1S/C31H63N6O6/c1-10-24-13-26(20-37(40)34-43-9)16-28(15-25(11-2)19-36(39)33-42-8)31(21(4)18-35(38)32-41-7)30-17-29(22(5)23(30)6)27(12-3)14-24/h21-31H,10-20H2,1-9H3,(H,32,38)(H,33,39)(H,34,40)/q+3. The van der Waals surface area contributed by atoms with Crippen molar-refractivity contribution in [2.45, 2.75) is 92.9 Å². The number of nitroso groups, excluding NO2 is 3. The Morgan fingerprint density at radius 2 is 1.26 bits per heavy atom. The fourth-order valence-corrected chi connectivity index (χ4v) is 9.01. The lowest BCUT2D eigenvalue weighted by molar-refractivity contribution is -0.664. The van der Waals surface area contributed by atoms with Crippen molar-refractivity contribution in [1.82, 2.24) is 16.8 Å². The van der Waals surface area contributed by atoms with Crippen molar-refractivity contribution in [2.24, 2.45) is 65.1 Å². The highest BCUT2D eigenvalue weighted by molar-refractivity contribution is 4.97. The Morgan fingerprint density at radius 3 is 1.81 bits per heavy atom. The van der Waals surface area contributed by atoms with E-state index in [1.165, 1.54) is 34.2 Å². The van der Waals surface area contributed by atoms with E-state index < -0.39 is 0 Å². The quantitative estimate of drug-likeness (QED) is 0.134. The third-order valence-corrected chi connectivity index (χ3v) is 11.2. The number of nitrogens with one attached hydrogen (secondary N) is 3. The Morgan fingerprint density at radius 1 is 0.698 bits per heavy atom. The van der Waals surface area contributed by atoms with Crippen molar-refractivity contribution < 1.29 is 29.1 Å². The van der Waals surface area contributed by atoms with Crippen LogP contribution in [0.15, 0.2) is 0 Å². The topological polar surface area (TPSA) is 124 Å². The average Bonchev–Trinajstić information content (AvgIpc) is 3.22. The Labute approximate surface area is 259 Å². The van der Waals surface area contributed by atoms with Crippen molar-refractivity contribution in [3.05, 3.63) is 14.7 Å². The van der Waals surface area contributed by atoms with E-state index in [4.69, 9.17) is 14.5 Å². The summed E-state index contributed by atoms with van der Waals surface area (Å²) in [5.74, 6) is 4.20. The minimum Gasteiger partial charge on any atom is -0.228 e. The van der Waals surface area contributed by atoms with E-state index in [9.17, 15) is 14.7 Å². The summed E-state index contributed by atoms with van der Waals surface area (Å²) in [5, 5.41) is 0. The van der Waals surface area contributed by atoms with Gasteiger partial charge in [0.25, 0.3) is 0 Å². The van der Waals surface area contributed by atoms with Crippen LogP contribution in [0.2, 0.25) is 0 Å². The molecule has 0 spiro atoms. The molecule has 43 heavy (non-hydrogen) atoms. The third kappa shape index (κ3) is 10.9. The minimum absolute atomic E-state index is 0.0745. The number of rotatable bonds is 18. The fourth-order valence-electron chi connectivity index (χ4n) is 9.01. The summed E-state index contributed by atoms with van der Waals surface area (Å²) in [7, 11) is 4.35. The Bertz CT molecular complexity index is 865. The van der Waals surface area contributed by atoms with Crippen LogP contribution >= 0.6 is 0 Å². The van der Waals surface area contributed by atoms with Gasteiger partial charge in [-0.05, 0) is 103 Å². The smallest absolute Gasteiger partial charge is 0.228 e. The van der Waals surface area contributed by atoms with E-state index in [2.05, 4.69) is 58.3 Å². The Hall–Kier alpha value is -1.92. The summed E-state index contributed by atoms with van der Waals surface area (Å²) in [5.41, 5.74) is 7.36. The van der Waals surface area contributed by atoms with Crippen LogP contribution in [0.5, 0.6) is 0 Å². The first-order chi connectivity index (χ1) is 20.5. The first-order valence-electron chi connectivity index (χ1n) is 16.7. The summed E-state index contributed by atoms with van der Waals surface area (Å²) >= 11 is 0. The van der Waals surface area contributed by atoms with Crippen LogP contribution in [0, 0.1) is 79.8 Å². The van der Waals surface area contributed by atoms with Gasteiger partial charge in [0, 0.05) is 17.8 Å². The molecule has 2 aliphatic carbocycles. The van der Waals surface area contributed by atoms with Gasteiger partial charge in [-0.2, -0.15) is 0 Å². The van der Waals surface area contributed by atoms with Crippen LogP contribution in [0.1, 0.15) is 92.9 Å². The maximum atomic E-state index is 12.8. The van der Waals surface area contributed by atoms with Gasteiger partial charge in [0.2, 0.25) is 19.6 Å². The van der Waals surface area contributed by atoms with Crippen molar-refractivity contribution in [3.8, 4) is 0 Å². The average molecular weight is 616 g/mol. The number of hydrogen-bond donors (Lipinski definition) is 3. The highest BCUT2D eigenvalue weighted by atomic mass is 16.7. The van der Waals surface area contributed by atoms with Crippen LogP contribution in [0.4, 0.5) is 0 Å². The second-order valence-electron chi connectivity index (χ2n) is 13.7. The third-order valence-electron chi connectivity index (χ3n) is 11.2. The highest BCUT2D eigenvalue weighted by Gasteiger charge is 2.50. The van der Waals surface area contributed by atoms with Gasteiger partial charge in [-0.25, -0.2) is 14.5 Å². The van der Waals surface area contributed by atoms with E-state index in [-0.39, 0.29) is 29.6 Å². The largest absolute Gasteiger partial charge is 0.230 e. The monoisotopic (exact) mass is 615 g/mol. The number of hydrogen-bond acceptors (Lipinski definition) is 6. The van der Waals surface area contributed by atoms with Crippen molar-refractivity contribution in [3.63, 3.8) is 0 Å². The van der Waals surface area contributed by atoms with Crippen molar-refractivity contribution >= 4 is 0 Å². The van der Waals surface area contributed by atoms with Gasteiger partial charge in [0.15, 0.2) is 0 Å². The number of nitrogens with zero attached hydrogens (tertiary/aromatic N) is 3. The molecule has 2 rings (SSSR count). The van der Waals surface area contributed by atoms with E-state index >= 15 is 0 Å². The van der Waals surface area contributed by atoms with Gasteiger partial charge < -0.3 is 0 Å². The summed E-state index contributed by atoms with van der Waals surface area (Å²) in [6.07, 6.45) is 8.13. The first-order valence-corrected chi connectivity index (χ1v) is 16.7. The summed E-state index contributed by atoms with van der Waals surface area (Å²) < 4.78 is 0. The Kier molecular flexibility index (Phi) is 16.3.